The molecule has 2 aromatic heterocycles. The Hall–Kier alpha value is -1.29. The molecule has 0 saturated heterocycles. The van der Waals surface area contributed by atoms with Gasteiger partial charge in [0.1, 0.15) is 0 Å². The number of aromatic amines is 1. The van der Waals surface area contributed by atoms with Gasteiger partial charge in [-0.2, -0.15) is 5.10 Å². The van der Waals surface area contributed by atoms with E-state index in [0.717, 1.165) is 11.3 Å². The van der Waals surface area contributed by atoms with Gasteiger partial charge in [-0.1, -0.05) is 26.8 Å². The molecule has 0 fully saturated rings. The van der Waals surface area contributed by atoms with Crippen molar-refractivity contribution in [2.45, 2.75) is 26.2 Å². The lowest BCUT2D eigenvalue weighted by Gasteiger charge is -2.17. The molecule has 2 aromatic rings. The lowest BCUT2D eigenvalue weighted by atomic mass is 9.89. The SMILES string of the molecule is CC(C)(C)c1[nH]nc(N)c1-c1cccs1. The van der Waals surface area contributed by atoms with Gasteiger partial charge in [0.05, 0.1) is 11.3 Å². The number of nitrogens with zero attached hydrogens (tertiary/aromatic N) is 1. The summed E-state index contributed by atoms with van der Waals surface area (Å²) >= 11 is 1.69. The van der Waals surface area contributed by atoms with Crippen molar-refractivity contribution in [1.82, 2.24) is 10.2 Å². The monoisotopic (exact) mass is 221 g/mol. The van der Waals surface area contributed by atoms with Crippen LogP contribution in [0.15, 0.2) is 17.5 Å². The Morgan fingerprint density at radius 1 is 1.40 bits per heavy atom. The third-order valence-corrected chi connectivity index (χ3v) is 3.20. The number of rotatable bonds is 1. The molecule has 0 amide bonds. The summed E-state index contributed by atoms with van der Waals surface area (Å²) < 4.78 is 0. The maximum absolute atomic E-state index is 5.89. The number of aromatic nitrogens is 2. The first-order valence-electron chi connectivity index (χ1n) is 4.88. The summed E-state index contributed by atoms with van der Waals surface area (Å²) in [6.07, 6.45) is 0. The number of nitrogen functional groups attached to an aromatic ring is 1. The van der Waals surface area contributed by atoms with Crippen LogP contribution in [0, 0.1) is 0 Å². The zero-order valence-corrected chi connectivity index (χ0v) is 9.98. The molecule has 2 rings (SSSR count). The first-order valence-corrected chi connectivity index (χ1v) is 5.76. The first-order chi connectivity index (χ1) is 7.00. The van der Waals surface area contributed by atoms with Crippen molar-refractivity contribution in [2.24, 2.45) is 0 Å². The minimum absolute atomic E-state index is 0.0317. The maximum atomic E-state index is 5.89. The van der Waals surface area contributed by atoms with Crippen molar-refractivity contribution < 1.29 is 0 Å². The molecule has 0 aromatic carbocycles. The van der Waals surface area contributed by atoms with E-state index in [0.29, 0.717) is 5.82 Å². The van der Waals surface area contributed by atoms with Gasteiger partial charge in [0.15, 0.2) is 5.82 Å². The summed E-state index contributed by atoms with van der Waals surface area (Å²) in [6.45, 7) is 6.45. The van der Waals surface area contributed by atoms with Crippen molar-refractivity contribution in [1.29, 1.82) is 0 Å². The highest BCUT2D eigenvalue weighted by Crippen LogP contribution is 2.37. The highest BCUT2D eigenvalue weighted by molar-refractivity contribution is 7.13. The van der Waals surface area contributed by atoms with Gasteiger partial charge in [0.25, 0.3) is 0 Å². The van der Waals surface area contributed by atoms with Gasteiger partial charge in [-0.15, -0.1) is 11.3 Å². The Morgan fingerprint density at radius 2 is 2.13 bits per heavy atom. The second-order valence-corrected chi connectivity index (χ2v) is 5.53. The Morgan fingerprint density at radius 3 is 2.67 bits per heavy atom. The molecule has 3 nitrogen and oxygen atoms in total. The zero-order chi connectivity index (χ0) is 11.1. The van der Waals surface area contributed by atoms with Gasteiger partial charge in [-0.3, -0.25) is 5.10 Å². The van der Waals surface area contributed by atoms with Crippen LogP contribution in [-0.4, -0.2) is 10.2 Å². The Balaban J connectivity index is 2.60. The van der Waals surface area contributed by atoms with E-state index >= 15 is 0 Å². The Bertz CT molecular complexity index is 449. The average molecular weight is 221 g/mol. The lowest BCUT2D eigenvalue weighted by molar-refractivity contribution is 0.568. The van der Waals surface area contributed by atoms with Crippen LogP contribution in [-0.2, 0) is 5.41 Å². The fraction of sp³-hybridized carbons (Fsp3) is 0.364. The van der Waals surface area contributed by atoms with Crippen LogP contribution >= 0.6 is 11.3 Å². The van der Waals surface area contributed by atoms with Crippen LogP contribution in [0.5, 0.6) is 0 Å². The highest BCUT2D eigenvalue weighted by atomic mass is 32.1. The van der Waals surface area contributed by atoms with Crippen LogP contribution in [0.2, 0.25) is 0 Å². The zero-order valence-electron chi connectivity index (χ0n) is 9.16. The number of nitrogens with two attached hydrogens (primary N) is 1. The van der Waals surface area contributed by atoms with Gasteiger partial charge >= 0.3 is 0 Å². The minimum atomic E-state index is 0.0317. The van der Waals surface area contributed by atoms with Gasteiger partial charge in [-0.25, -0.2) is 0 Å². The van der Waals surface area contributed by atoms with Crippen molar-refractivity contribution in [3.63, 3.8) is 0 Å². The number of hydrogen-bond acceptors (Lipinski definition) is 3. The predicted octanol–water partition coefficient (Wildman–Crippen LogP) is 3.02. The number of hydrogen-bond donors (Lipinski definition) is 2. The molecule has 4 heteroatoms. The molecule has 0 bridgehead atoms. The third kappa shape index (κ3) is 1.77. The fourth-order valence-corrected chi connectivity index (χ4v) is 2.35. The second-order valence-electron chi connectivity index (χ2n) is 4.59. The molecule has 15 heavy (non-hydrogen) atoms. The summed E-state index contributed by atoms with van der Waals surface area (Å²) in [7, 11) is 0. The third-order valence-electron chi connectivity index (χ3n) is 2.31. The van der Waals surface area contributed by atoms with Crippen LogP contribution in [0.4, 0.5) is 5.82 Å². The van der Waals surface area contributed by atoms with Gasteiger partial charge in [0.2, 0.25) is 0 Å². The molecule has 0 radical (unpaired) electrons. The topological polar surface area (TPSA) is 54.7 Å². The summed E-state index contributed by atoms with van der Waals surface area (Å²) in [4.78, 5) is 1.17. The standard InChI is InChI=1S/C11H15N3S/c1-11(2,3)9-8(10(12)14-13-9)7-5-4-6-15-7/h4-6H,1-3H3,(H3,12,13,14). The molecule has 3 N–H and O–H groups in total. The number of nitrogens with one attached hydrogen (secondary N) is 1. The van der Waals surface area contributed by atoms with Gasteiger partial charge in [-0.05, 0) is 11.4 Å². The Labute approximate surface area is 93.3 Å². The molecule has 0 aliphatic heterocycles. The van der Waals surface area contributed by atoms with Crippen LogP contribution in [0.3, 0.4) is 0 Å². The van der Waals surface area contributed by atoms with E-state index in [-0.39, 0.29) is 5.41 Å². The van der Waals surface area contributed by atoms with Crippen molar-refractivity contribution >= 4 is 17.2 Å². The lowest BCUT2D eigenvalue weighted by Crippen LogP contribution is -2.13. The Kier molecular flexibility index (Phi) is 2.31. The molecule has 0 saturated carbocycles. The van der Waals surface area contributed by atoms with E-state index < -0.39 is 0 Å². The van der Waals surface area contributed by atoms with Crippen molar-refractivity contribution in [3.8, 4) is 10.4 Å². The normalized spacial score (nSPS) is 11.9. The van der Waals surface area contributed by atoms with Crippen LogP contribution in [0.1, 0.15) is 26.5 Å². The molecule has 80 valence electrons. The largest absolute Gasteiger partial charge is 0.382 e. The molecular formula is C11H15N3S. The molecule has 0 atom stereocenters. The predicted molar refractivity (Wildman–Crippen MR) is 65.0 cm³/mol. The number of H-pyrrole nitrogens is 1. The van der Waals surface area contributed by atoms with Gasteiger partial charge in [0, 0.05) is 10.3 Å². The quantitative estimate of drug-likeness (QED) is 0.777. The summed E-state index contributed by atoms with van der Waals surface area (Å²) in [5.41, 5.74) is 8.08. The molecule has 0 aliphatic carbocycles. The summed E-state index contributed by atoms with van der Waals surface area (Å²) in [5, 5.41) is 9.18. The van der Waals surface area contributed by atoms with E-state index in [1.807, 2.05) is 11.4 Å². The van der Waals surface area contributed by atoms with E-state index in [1.54, 1.807) is 11.3 Å². The molecule has 0 unspecified atom stereocenters. The molecule has 2 heterocycles. The van der Waals surface area contributed by atoms with E-state index in [1.165, 1.54) is 4.88 Å². The maximum Gasteiger partial charge on any atom is 0.154 e. The van der Waals surface area contributed by atoms with Crippen LogP contribution < -0.4 is 5.73 Å². The van der Waals surface area contributed by atoms with Crippen LogP contribution in [0.25, 0.3) is 10.4 Å². The van der Waals surface area contributed by atoms with E-state index in [9.17, 15) is 0 Å². The smallest absolute Gasteiger partial charge is 0.154 e. The summed E-state index contributed by atoms with van der Waals surface area (Å²) in [6, 6.07) is 4.10. The number of anilines is 1. The van der Waals surface area contributed by atoms with Crippen molar-refractivity contribution in [2.75, 3.05) is 5.73 Å². The van der Waals surface area contributed by atoms with Crippen molar-refractivity contribution in [3.05, 3.63) is 23.2 Å². The first kappa shape index (κ1) is 10.2. The van der Waals surface area contributed by atoms with E-state index in [4.69, 9.17) is 5.73 Å². The molecule has 0 spiro atoms. The number of thiophene rings is 1. The fourth-order valence-electron chi connectivity index (χ4n) is 1.57. The second kappa shape index (κ2) is 3.38. The highest BCUT2D eigenvalue weighted by Gasteiger charge is 2.23. The van der Waals surface area contributed by atoms with Gasteiger partial charge < -0.3 is 5.73 Å². The average Bonchev–Trinajstić information content (AvgIpc) is 2.69. The molecule has 0 aliphatic rings. The van der Waals surface area contributed by atoms with E-state index in [2.05, 4.69) is 37.0 Å². The molecular weight excluding hydrogens is 206 g/mol. The summed E-state index contributed by atoms with van der Waals surface area (Å²) in [5.74, 6) is 0.586. The minimum Gasteiger partial charge on any atom is -0.382 e.